The highest BCUT2D eigenvalue weighted by atomic mass is 35.5. The van der Waals surface area contributed by atoms with Crippen molar-refractivity contribution in [3.8, 4) is 0 Å². The topological polar surface area (TPSA) is 66.5 Å². The van der Waals surface area contributed by atoms with Crippen LogP contribution in [0.3, 0.4) is 0 Å². The maximum atomic E-state index is 5.75. The lowest BCUT2D eigenvalue weighted by molar-refractivity contribution is 0.889. The van der Waals surface area contributed by atoms with Gasteiger partial charge >= 0.3 is 0 Å². The molecule has 0 aliphatic carbocycles. The van der Waals surface area contributed by atoms with Gasteiger partial charge in [-0.2, -0.15) is 9.97 Å². The zero-order valence-corrected chi connectivity index (χ0v) is 8.63. The maximum absolute atomic E-state index is 5.75. The molecule has 0 radical (unpaired) electrons. The smallest absolute Gasteiger partial charge is 0.226 e. The molecular formula is C8H10ClN5. The van der Waals surface area contributed by atoms with Crippen LogP contribution in [0.25, 0.3) is 11.2 Å². The Bertz CT molecular complexity index is 450. The summed E-state index contributed by atoms with van der Waals surface area (Å²) in [6.07, 6.45) is 1.57. The number of anilines is 1. The monoisotopic (exact) mass is 211 g/mol. The van der Waals surface area contributed by atoms with Crippen LogP contribution in [-0.4, -0.2) is 26.0 Å². The Balaban J connectivity index is 2.55. The van der Waals surface area contributed by atoms with Crippen LogP contribution in [0, 0.1) is 0 Å². The van der Waals surface area contributed by atoms with Gasteiger partial charge in [0.2, 0.25) is 5.28 Å². The minimum atomic E-state index is 0.202. The molecule has 0 aromatic carbocycles. The fourth-order valence-corrected chi connectivity index (χ4v) is 1.35. The molecule has 0 saturated heterocycles. The van der Waals surface area contributed by atoms with Gasteiger partial charge in [-0.3, -0.25) is 0 Å². The summed E-state index contributed by atoms with van der Waals surface area (Å²) in [6, 6.07) is 0.285. The summed E-state index contributed by atoms with van der Waals surface area (Å²) in [5.41, 5.74) is 1.36. The van der Waals surface area contributed by atoms with Gasteiger partial charge in [0, 0.05) is 6.04 Å². The van der Waals surface area contributed by atoms with E-state index in [9.17, 15) is 0 Å². The van der Waals surface area contributed by atoms with Crippen LogP contribution in [0.4, 0.5) is 5.82 Å². The quantitative estimate of drug-likeness (QED) is 0.744. The molecule has 0 aliphatic heterocycles. The van der Waals surface area contributed by atoms with Gasteiger partial charge in [-0.05, 0) is 25.4 Å². The van der Waals surface area contributed by atoms with E-state index in [0.29, 0.717) is 11.5 Å². The predicted octanol–water partition coefficient (Wildman–Crippen LogP) is 1.83. The van der Waals surface area contributed by atoms with Gasteiger partial charge in [-0.15, -0.1) is 0 Å². The Hall–Kier alpha value is -1.36. The van der Waals surface area contributed by atoms with Crippen LogP contribution >= 0.6 is 11.6 Å². The molecule has 2 aromatic heterocycles. The van der Waals surface area contributed by atoms with Crippen LogP contribution in [0.5, 0.6) is 0 Å². The molecule has 5 nitrogen and oxygen atoms in total. The van der Waals surface area contributed by atoms with E-state index in [2.05, 4.69) is 25.3 Å². The number of imidazole rings is 1. The number of fused-ring (bicyclic) bond motifs is 1. The van der Waals surface area contributed by atoms with Crippen molar-refractivity contribution >= 4 is 28.6 Å². The van der Waals surface area contributed by atoms with Gasteiger partial charge in [0.05, 0.1) is 6.33 Å². The van der Waals surface area contributed by atoms with Gasteiger partial charge in [0.15, 0.2) is 11.5 Å². The Labute approximate surface area is 85.9 Å². The fraction of sp³-hybridized carbons (Fsp3) is 0.375. The van der Waals surface area contributed by atoms with Crippen LogP contribution in [-0.2, 0) is 0 Å². The van der Waals surface area contributed by atoms with Crippen LogP contribution in [0.1, 0.15) is 13.8 Å². The highest BCUT2D eigenvalue weighted by Gasteiger charge is 2.08. The highest BCUT2D eigenvalue weighted by molar-refractivity contribution is 6.28. The highest BCUT2D eigenvalue weighted by Crippen LogP contribution is 2.18. The number of rotatable bonds is 2. The van der Waals surface area contributed by atoms with E-state index < -0.39 is 0 Å². The van der Waals surface area contributed by atoms with Gasteiger partial charge in [0.1, 0.15) is 5.52 Å². The first-order chi connectivity index (χ1) is 6.66. The summed E-state index contributed by atoms with van der Waals surface area (Å²) in [4.78, 5) is 15.0. The number of hydrogen-bond donors (Lipinski definition) is 2. The SMILES string of the molecule is CC(C)Nc1nc(Cl)nc2nc[nH]c12. The Morgan fingerprint density at radius 1 is 1.43 bits per heavy atom. The van der Waals surface area contributed by atoms with Crippen LogP contribution in [0.2, 0.25) is 5.28 Å². The van der Waals surface area contributed by atoms with Crippen molar-refractivity contribution < 1.29 is 0 Å². The van der Waals surface area contributed by atoms with Crippen molar-refractivity contribution in [1.82, 2.24) is 19.9 Å². The van der Waals surface area contributed by atoms with Gasteiger partial charge in [-0.1, -0.05) is 0 Å². The number of nitrogens with one attached hydrogen (secondary N) is 2. The molecule has 6 heteroatoms. The third-order valence-corrected chi connectivity index (χ3v) is 1.85. The molecule has 74 valence electrons. The van der Waals surface area contributed by atoms with E-state index in [-0.39, 0.29) is 11.3 Å². The number of aromatic nitrogens is 4. The van der Waals surface area contributed by atoms with Crippen molar-refractivity contribution in [3.63, 3.8) is 0 Å². The fourth-order valence-electron chi connectivity index (χ4n) is 1.18. The van der Waals surface area contributed by atoms with Gasteiger partial charge < -0.3 is 10.3 Å². The summed E-state index contributed by atoms with van der Waals surface area (Å²) in [7, 11) is 0. The van der Waals surface area contributed by atoms with Crippen molar-refractivity contribution in [3.05, 3.63) is 11.6 Å². The molecule has 0 fully saturated rings. The average Bonchev–Trinajstić information content (AvgIpc) is 2.50. The van der Waals surface area contributed by atoms with Crippen LogP contribution in [0.15, 0.2) is 6.33 Å². The standard InChI is InChI=1S/C8H10ClN5/c1-4(2)12-7-5-6(11-3-10-5)13-8(9)14-7/h3-4H,1-2H3,(H2,10,11,12,13,14). The number of aromatic amines is 1. The number of H-pyrrole nitrogens is 1. The number of halogens is 1. The van der Waals surface area contributed by atoms with Crippen molar-refractivity contribution in [1.29, 1.82) is 0 Å². The first-order valence-corrected chi connectivity index (χ1v) is 4.68. The number of nitrogens with zero attached hydrogens (tertiary/aromatic N) is 3. The molecule has 0 spiro atoms. The Morgan fingerprint density at radius 2 is 2.21 bits per heavy atom. The van der Waals surface area contributed by atoms with E-state index in [1.54, 1.807) is 6.33 Å². The molecule has 0 unspecified atom stereocenters. The minimum absolute atomic E-state index is 0.202. The second-order valence-corrected chi connectivity index (χ2v) is 3.58. The molecule has 0 atom stereocenters. The van der Waals surface area contributed by atoms with E-state index in [1.807, 2.05) is 13.8 Å². The molecule has 2 aromatic rings. The largest absolute Gasteiger partial charge is 0.366 e. The second kappa shape index (κ2) is 3.42. The molecule has 0 aliphatic rings. The Morgan fingerprint density at radius 3 is 2.93 bits per heavy atom. The van der Waals surface area contributed by atoms with Gasteiger partial charge in [0.25, 0.3) is 0 Å². The zero-order valence-electron chi connectivity index (χ0n) is 7.87. The molecule has 2 N–H and O–H groups in total. The molecule has 2 heterocycles. The normalized spacial score (nSPS) is 11.1. The lowest BCUT2D eigenvalue weighted by atomic mass is 10.4. The average molecular weight is 212 g/mol. The van der Waals surface area contributed by atoms with E-state index >= 15 is 0 Å². The van der Waals surface area contributed by atoms with Crippen molar-refractivity contribution in [2.75, 3.05) is 5.32 Å². The molecule has 14 heavy (non-hydrogen) atoms. The molecule has 0 saturated carbocycles. The first-order valence-electron chi connectivity index (χ1n) is 4.30. The third kappa shape index (κ3) is 1.63. The van der Waals surface area contributed by atoms with E-state index in [1.165, 1.54) is 0 Å². The van der Waals surface area contributed by atoms with E-state index in [0.717, 1.165) is 5.52 Å². The summed E-state index contributed by atoms with van der Waals surface area (Å²) in [5.74, 6) is 0.688. The second-order valence-electron chi connectivity index (χ2n) is 3.24. The van der Waals surface area contributed by atoms with Crippen LogP contribution < -0.4 is 5.32 Å². The summed E-state index contributed by atoms with van der Waals surface area (Å²) in [5, 5.41) is 3.37. The minimum Gasteiger partial charge on any atom is -0.366 e. The lowest BCUT2D eigenvalue weighted by Gasteiger charge is -2.08. The lowest BCUT2D eigenvalue weighted by Crippen LogP contribution is -2.11. The van der Waals surface area contributed by atoms with E-state index in [4.69, 9.17) is 11.6 Å². The maximum Gasteiger partial charge on any atom is 0.226 e. The summed E-state index contributed by atoms with van der Waals surface area (Å²) in [6.45, 7) is 4.05. The zero-order chi connectivity index (χ0) is 10.1. The van der Waals surface area contributed by atoms with Crippen molar-refractivity contribution in [2.45, 2.75) is 19.9 Å². The summed E-state index contributed by atoms with van der Waals surface area (Å²) < 4.78 is 0. The first kappa shape index (κ1) is 9.21. The van der Waals surface area contributed by atoms with Gasteiger partial charge in [-0.25, -0.2) is 4.98 Å². The molecular weight excluding hydrogens is 202 g/mol. The van der Waals surface area contributed by atoms with Crippen molar-refractivity contribution in [2.24, 2.45) is 0 Å². The third-order valence-electron chi connectivity index (χ3n) is 1.68. The summed E-state index contributed by atoms with van der Waals surface area (Å²) >= 11 is 5.75. The Kier molecular flexibility index (Phi) is 2.25. The number of hydrogen-bond acceptors (Lipinski definition) is 4. The molecule has 0 bridgehead atoms. The molecule has 2 rings (SSSR count). The molecule has 0 amide bonds. The predicted molar refractivity (Wildman–Crippen MR) is 55.5 cm³/mol.